The summed E-state index contributed by atoms with van der Waals surface area (Å²) in [5.41, 5.74) is 0.821. The number of piperidine rings is 1. The molecule has 1 aliphatic carbocycles. The molecule has 2 aliphatic heterocycles. The van der Waals surface area contributed by atoms with Crippen LogP contribution in [0.25, 0.3) is 0 Å². The Balaban J connectivity index is 0.00000245. The molecule has 0 bridgehead atoms. The standard InChI is InChI=1S/C20H22Cl2N6O3.Li/c1-9-14(21)15(22)17(23-9)18(29)26-16-10-7-28(8-11(10)16)13-6-12(19(30)31)24-20(25-13)27-4-2-3-5-27;/h6,10-11,16,23H,2-5,7-8H2,1H3,(H,26,29)(H,30,31);/q;+1/p-1/t10-,11+,16-;. The Kier molecular flexibility index (Phi) is 6.38. The van der Waals surface area contributed by atoms with Crippen molar-refractivity contribution >= 4 is 46.8 Å². The molecule has 3 aliphatic rings. The Morgan fingerprint density at radius 3 is 2.34 bits per heavy atom. The molecule has 2 saturated heterocycles. The zero-order valence-corrected chi connectivity index (χ0v) is 19.3. The largest absolute Gasteiger partial charge is 1.00 e. The smallest absolute Gasteiger partial charge is 0.543 e. The van der Waals surface area contributed by atoms with Crippen molar-refractivity contribution in [3.8, 4) is 0 Å². The Bertz CT molecular complexity index is 1060. The van der Waals surface area contributed by atoms with Crippen molar-refractivity contribution in [2.45, 2.75) is 25.8 Å². The van der Waals surface area contributed by atoms with E-state index >= 15 is 0 Å². The number of rotatable bonds is 5. The summed E-state index contributed by atoms with van der Waals surface area (Å²) in [5.74, 6) is -0.0212. The van der Waals surface area contributed by atoms with Crippen LogP contribution in [-0.4, -0.2) is 59.0 Å². The molecule has 3 atom stereocenters. The first kappa shape index (κ1) is 23.2. The van der Waals surface area contributed by atoms with E-state index < -0.39 is 5.97 Å². The number of carbonyl (C=O) groups excluding carboxylic acids is 2. The molecule has 1 saturated carbocycles. The van der Waals surface area contributed by atoms with Gasteiger partial charge in [0.25, 0.3) is 5.91 Å². The normalized spacial score (nSPS) is 23.7. The maximum atomic E-state index is 12.6. The first-order valence-electron chi connectivity index (χ1n) is 10.3. The summed E-state index contributed by atoms with van der Waals surface area (Å²) >= 11 is 12.2. The minimum Gasteiger partial charge on any atom is -0.543 e. The van der Waals surface area contributed by atoms with Crippen molar-refractivity contribution in [2.24, 2.45) is 11.8 Å². The molecule has 1 amide bonds. The van der Waals surface area contributed by atoms with E-state index in [1.807, 2.05) is 9.80 Å². The third kappa shape index (κ3) is 4.07. The van der Waals surface area contributed by atoms with Gasteiger partial charge in [-0.15, -0.1) is 0 Å². The van der Waals surface area contributed by atoms with E-state index in [-0.39, 0.29) is 59.1 Å². The van der Waals surface area contributed by atoms with Gasteiger partial charge in [0, 0.05) is 55.8 Å². The summed E-state index contributed by atoms with van der Waals surface area (Å²) in [6.45, 7) is 4.75. The number of carbonyl (C=O) groups is 2. The van der Waals surface area contributed by atoms with E-state index in [0.717, 1.165) is 25.9 Å². The topological polar surface area (TPSA) is 117 Å². The van der Waals surface area contributed by atoms with Gasteiger partial charge in [-0.25, -0.2) is 4.98 Å². The second-order valence-electron chi connectivity index (χ2n) is 8.38. The van der Waals surface area contributed by atoms with E-state index in [4.69, 9.17) is 23.2 Å². The quantitative estimate of drug-likeness (QED) is 0.497. The molecule has 12 heteroatoms. The van der Waals surface area contributed by atoms with Gasteiger partial charge in [-0.1, -0.05) is 23.2 Å². The van der Waals surface area contributed by atoms with Crippen LogP contribution < -0.4 is 39.1 Å². The second kappa shape index (κ2) is 8.79. The summed E-state index contributed by atoms with van der Waals surface area (Å²) < 4.78 is 0. The predicted octanol–water partition coefficient (Wildman–Crippen LogP) is -1.75. The molecule has 2 N–H and O–H groups in total. The van der Waals surface area contributed by atoms with Gasteiger partial charge in [0.05, 0.1) is 21.7 Å². The monoisotopic (exact) mass is 470 g/mol. The fraction of sp³-hybridized carbons (Fsp3) is 0.500. The SMILES string of the molecule is Cc1[nH]c(C(=O)N[C@@H]2[C@@H]3CN(c4cc(C(=O)[O-])nc(N5CCCC5)n4)C[C@@H]32)c(Cl)c1Cl.[Li+]. The number of aromatic carboxylic acids is 1. The number of hydrogen-bond acceptors (Lipinski definition) is 7. The van der Waals surface area contributed by atoms with Crippen molar-refractivity contribution in [2.75, 3.05) is 36.0 Å². The van der Waals surface area contributed by atoms with Gasteiger partial charge in [-0.2, -0.15) is 4.98 Å². The number of nitrogens with zero attached hydrogens (tertiary/aromatic N) is 4. The van der Waals surface area contributed by atoms with Crippen LogP contribution in [0, 0.1) is 18.8 Å². The van der Waals surface area contributed by atoms with E-state index in [2.05, 4.69) is 20.3 Å². The molecular formula is C20H21Cl2LiN6O3. The van der Waals surface area contributed by atoms with Crippen LogP contribution >= 0.6 is 23.2 Å². The summed E-state index contributed by atoms with van der Waals surface area (Å²) in [5, 5.41) is 15.1. The molecule has 2 aromatic heterocycles. The summed E-state index contributed by atoms with van der Waals surface area (Å²) in [6.07, 6.45) is 2.08. The maximum Gasteiger partial charge on any atom is 1.00 e. The van der Waals surface area contributed by atoms with E-state index in [1.165, 1.54) is 6.07 Å². The van der Waals surface area contributed by atoms with Gasteiger partial charge in [-0.05, 0) is 19.8 Å². The zero-order chi connectivity index (χ0) is 21.9. The van der Waals surface area contributed by atoms with Gasteiger partial charge in [0.1, 0.15) is 11.5 Å². The zero-order valence-electron chi connectivity index (χ0n) is 17.8. The molecule has 0 unspecified atom stereocenters. The number of anilines is 2. The number of fused-ring (bicyclic) bond motifs is 1. The molecule has 164 valence electrons. The van der Waals surface area contributed by atoms with Gasteiger partial charge in [0.15, 0.2) is 0 Å². The minimum atomic E-state index is -1.31. The average molecular weight is 471 g/mol. The number of nitrogens with one attached hydrogen (secondary N) is 2. The summed E-state index contributed by atoms with van der Waals surface area (Å²) in [6, 6.07) is 1.51. The fourth-order valence-corrected chi connectivity index (χ4v) is 5.04. The third-order valence-corrected chi connectivity index (χ3v) is 7.34. The van der Waals surface area contributed by atoms with Crippen molar-refractivity contribution in [1.29, 1.82) is 0 Å². The second-order valence-corrected chi connectivity index (χ2v) is 9.13. The third-order valence-electron chi connectivity index (χ3n) is 6.40. The van der Waals surface area contributed by atoms with Gasteiger partial charge in [-0.3, -0.25) is 4.79 Å². The maximum absolute atomic E-state index is 12.6. The van der Waals surface area contributed by atoms with Gasteiger partial charge >= 0.3 is 18.9 Å². The van der Waals surface area contributed by atoms with Crippen LogP contribution in [0.15, 0.2) is 6.07 Å². The summed E-state index contributed by atoms with van der Waals surface area (Å²) in [7, 11) is 0. The molecule has 0 aromatic carbocycles. The number of hydrogen-bond donors (Lipinski definition) is 2. The van der Waals surface area contributed by atoms with E-state index in [0.29, 0.717) is 35.6 Å². The summed E-state index contributed by atoms with van der Waals surface area (Å²) in [4.78, 5) is 39.8. The number of carboxylic acids is 1. The molecule has 0 spiro atoms. The predicted molar refractivity (Wildman–Crippen MR) is 114 cm³/mol. The van der Waals surface area contributed by atoms with Crippen molar-refractivity contribution in [3.63, 3.8) is 0 Å². The average Bonchev–Trinajstić information content (AvgIpc) is 3.21. The van der Waals surface area contributed by atoms with Crippen molar-refractivity contribution in [1.82, 2.24) is 20.3 Å². The first-order chi connectivity index (χ1) is 14.8. The van der Waals surface area contributed by atoms with Crippen LogP contribution in [0.3, 0.4) is 0 Å². The Hall–Kier alpha value is -1.92. The van der Waals surface area contributed by atoms with Gasteiger partial charge < -0.3 is 30.0 Å². The fourth-order valence-electron chi connectivity index (χ4n) is 4.63. The molecule has 2 aromatic rings. The number of amides is 1. The molecule has 32 heavy (non-hydrogen) atoms. The Morgan fingerprint density at radius 1 is 1.12 bits per heavy atom. The molecule has 5 rings (SSSR count). The van der Waals surface area contributed by atoms with Crippen LogP contribution in [0.2, 0.25) is 10.0 Å². The molecule has 4 heterocycles. The molecule has 3 fully saturated rings. The molecular weight excluding hydrogens is 450 g/mol. The minimum absolute atomic E-state index is 0. The van der Waals surface area contributed by atoms with Crippen molar-refractivity contribution < 1.29 is 33.6 Å². The number of aromatic nitrogens is 3. The van der Waals surface area contributed by atoms with Crippen LogP contribution in [0.5, 0.6) is 0 Å². The Labute approximate surface area is 207 Å². The Morgan fingerprint density at radius 2 is 1.78 bits per heavy atom. The molecule has 9 nitrogen and oxygen atoms in total. The first-order valence-corrected chi connectivity index (χ1v) is 11.0. The van der Waals surface area contributed by atoms with E-state index in [9.17, 15) is 14.7 Å². The number of carboxylic acid groups (broad SMARTS) is 1. The number of H-pyrrole nitrogens is 1. The van der Waals surface area contributed by atoms with Crippen LogP contribution in [0.4, 0.5) is 11.8 Å². The van der Waals surface area contributed by atoms with Crippen LogP contribution in [0.1, 0.15) is 39.5 Å². The van der Waals surface area contributed by atoms with Crippen LogP contribution in [-0.2, 0) is 0 Å². The number of halogens is 2. The van der Waals surface area contributed by atoms with Crippen molar-refractivity contribution in [3.05, 3.63) is 33.2 Å². The number of aromatic amines is 1. The number of aryl methyl sites for hydroxylation is 1. The van der Waals surface area contributed by atoms with E-state index in [1.54, 1.807) is 6.92 Å². The van der Waals surface area contributed by atoms with Gasteiger partial charge in [0.2, 0.25) is 5.95 Å². The molecule has 0 radical (unpaired) electrons.